The molecule has 1 aromatic rings. The van der Waals surface area contributed by atoms with Gasteiger partial charge in [-0.2, -0.15) is 5.26 Å². The first-order valence-electron chi connectivity index (χ1n) is 9.89. The van der Waals surface area contributed by atoms with Crippen molar-refractivity contribution in [2.45, 2.75) is 38.1 Å². The summed E-state index contributed by atoms with van der Waals surface area (Å²) in [5, 5.41) is 15.2. The lowest BCUT2D eigenvalue weighted by Gasteiger charge is -2.25. The zero-order chi connectivity index (χ0) is 20.6. The summed E-state index contributed by atoms with van der Waals surface area (Å²) < 4.78 is 0. The number of guanidine groups is 1. The summed E-state index contributed by atoms with van der Waals surface area (Å²) in [5.74, 6) is 0.0150. The van der Waals surface area contributed by atoms with Gasteiger partial charge in [-0.25, -0.2) is 4.99 Å². The number of likely N-dealkylation sites (tertiary alicyclic amines) is 2. The van der Waals surface area contributed by atoms with Crippen molar-refractivity contribution in [2.24, 2.45) is 4.99 Å². The van der Waals surface area contributed by atoms with E-state index in [1.54, 1.807) is 29.2 Å². The van der Waals surface area contributed by atoms with Gasteiger partial charge in [-0.1, -0.05) is 11.6 Å². The summed E-state index contributed by atoms with van der Waals surface area (Å²) in [4.78, 5) is 33.4. The number of nitriles is 1. The summed E-state index contributed by atoms with van der Waals surface area (Å²) in [5.41, 5.74) is 0.693. The molecule has 0 bridgehead atoms. The van der Waals surface area contributed by atoms with Gasteiger partial charge in [0.15, 0.2) is 6.19 Å². The van der Waals surface area contributed by atoms with Gasteiger partial charge in [0.25, 0.3) is 0 Å². The van der Waals surface area contributed by atoms with Crippen LogP contribution in [0.2, 0.25) is 5.02 Å². The molecule has 2 amide bonds. The maximum Gasteiger partial charge on any atom is 0.247 e. The molecular weight excluding hydrogens is 392 g/mol. The number of hydrogen-bond donors (Lipinski definition) is 2. The average Bonchev–Trinajstić information content (AvgIpc) is 3.20. The lowest BCUT2D eigenvalue weighted by molar-refractivity contribution is -0.140. The fourth-order valence-corrected chi connectivity index (χ4v) is 3.69. The Bertz CT molecular complexity index is 798. The maximum absolute atomic E-state index is 13.0. The molecule has 0 radical (unpaired) electrons. The number of amides is 2. The van der Waals surface area contributed by atoms with E-state index in [9.17, 15) is 9.59 Å². The van der Waals surface area contributed by atoms with Gasteiger partial charge in [-0.15, -0.1) is 0 Å². The van der Waals surface area contributed by atoms with Crippen molar-refractivity contribution in [1.82, 2.24) is 15.1 Å². The molecule has 0 spiro atoms. The van der Waals surface area contributed by atoms with Crippen molar-refractivity contribution < 1.29 is 9.59 Å². The topological polar surface area (TPSA) is 101 Å². The van der Waals surface area contributed by atoms with Crippen molar-refractivity contribution >= 4 is 35.1 Å². The van der Waals surface area contributed by atoms with Gasteiger partial charge >= 0.3 is 0 Å². The zero-order valence-electron chi connectivity index (χ0n) is 16.2. The third kappa shape index (κ3) is 5.84. The maximum atomic E-state index is 13.0. The minimum Gasteiger partial charge on any atom is -0.341 e. The number of anilines is 1. The van der Waals surface area contributed by atoms with Crippen LogP contribution in [0.5, 0.6) is 0 Å². The second kappa shape index (κ2) is 10.1. The first-order chi connectivity index (χ1) is 14.1. The van der Waals surface area contributed by atoms with Crippen LogP contribution < -0.4 is 10.6 Å². The number of carbonyl (C=O) groups excluding carboxylic acids is 2. The molecule has 2 saturated heterocycles. The first-order valence-corrected chi connectivity index (χ1v) is 10.3. The molecule has 2 N–H and O–H groups in total. The lowest BCUT2D eigenvalue weighted by Crippen LogP contribution is -2.45. The van der Waals surface area contributed by atoms with E-state index in [0.717, 1.165) is 38.8 Å². The van der Waals surface area contributed by atoms with Crippen LogP contribution in [0.3, 0.4) is 0 Å². The van der Waals surface area contributed by atoms with Crippen LogP contribution >= 0.6 is 11.6 Å². The van der Waals surface area contributed by atoms with E-state index in [1.807, 2.05) is 11.1 Å². The van der Waals surface area contributed by atoms with Gasteiger partial charge in [-0.3, -0.25) is 14.9 Å². The monoisotopic (exact) mass is 416 g/mol. The predicted molar refractivity (Wildman–Crippen MR) is 111 cm³/mol. The molecular formula is C20H25ClN6O2. The average molecular weight is 417 g/mol. The van der Waals surface area contributed by atoms with Crippen molar-refractivity contribution in [3.8, 4) is 6.19 Å². The van der Waals surface area contributed by atoms with E-state index in [1.165, 1.54) is 0 Å². The number of benzene rings is 1. The Labute approximate surface area is 175 Å². The first kappa shape index (κ1) is 20.9. The highest BCUT2D eigenvalue weighted by Gasteiger charge is 2.30. The highest BCUT2D eigenvalue weighted by molar-refractivity contribution is 6.30. The highest BCUT2D eigenvalue weighted by atomic mass is 35.5. The number of nitrogens with zero attached hydrogens (tertiary/aromatic N) is 4. The number of halogens is 1. The van der Waals surface area contributed by atoms with E-state index >= 15 is 0 Å². The molecule has 0 aromatic heterocycles. The van der Waals surface area contributed by atoms with Crippen LogP contribution in [0.1, 0.15) is 32.1 Å². The molecule has 154 valence electrons. The Morgan fingerprint density at radius 2 is 1.86 bits per heavy atom. The molecule has 9 heteroatoms. The third-order valence-electron chi connectivity index (χ3n) is 5.10. The Hall–Kier alpha value is -2.79. The second-order valence-electron chi connectivity index (χ2n) is 7.21. The van der Waals surface area contributed by atoms with Gasteiger partial charge < -0.3 is 15.1 Å². The molecule has 2 aliphatic rings. The van der Waals surface area contributed by atoms with E-state index in [-0.39, 0.29) is 24.3 Å². The minimum absolute atomic E-state index is 0.00450. The molecule has 3 rings (SSSR count). The van der Waals surface area contributed by atoms with Gasteiger partial charge in [0.2, 0.25) is 17.8 Å². The van der Waals surface area contributed by atoms with Crippen LogP contribution in [0, 0.1) is 11.5 Å². The van der Waals surface area contributed by atoms with Gasteiger partial charge in [0, 0.05) is 30.3 Å². The van der Waals surface area contributed by atoms with Crippen molar-refractivity contribution in [3.63, 3.8) is 0 Å². The fourth-order valence-electron chi connectivity index (χ4n) is 3.57. The number of aliphatic imine (C=N–C) groups is 1. The summed E-state index contributed by atoms with van der Waals surface area (Å²) >= 11 is 5.90. The van der Waals surface area contributed by atoms with E-state index in [0.29, 0.717) is 23.7 Å². The standard InChI is InChI=1S/C20H25ClN6O2/c21-15-6-8-16(9-7-15)24-20(23-14-22)25-17-5-1-2-12-27(19(17)29)13-18(28)26-10-3-4-11-26/h6-9,17H,1-5,10-13H2,(H2,23,24,25)/t17-/m0/s1. The largest absolute Gasteiger partial charge is 0.341 e. The summed E-state index contributed by atoms with van der Waals surface area (Å²) in [6, 6.07) is 6.31. The number of nitrogens with one attached hydrogen (secondary N) is 2. The fraction of sp³-hybridized carbons (Fsp3) is 0.500. The van der Waals surface area contributed by atoms with Crippen molar-refractivity contribution in [3.05, 3.63) is 29.3 Å². The van der Waals surface area contributed by atoms with Gasteiger partial charge in [-0.05, 0) is 56.4 Å². The van der Waals surface area contributed by atoms with E-state index in [2.05, 4.69) is 15.6 Å². The molecule has 2 fully saturated rings. The van der Waals surface area contributed by atoms with Crippen LogP contribution in [0.25, 0.3) is 0 Å². The van der Waals surface area contributed by atoms with Crippen LogP contribution in [-0.4, -0.2) is 59.8 Å². The lowest BCUT2D eigenvalue weighted by atomic mass is 10.1. The normalized spacial score (nSPS) is 20.2. The molecule has 8 nitrogen and oxygen atoms in total. The molecule has 29 heavy (non-hydrogen) atoms. The molecule has 0 aliphatic carbocycles. The highest BCUT2D eigenvalue weighted by Crippen LogP contribution is 2.18. The predicted octanol–water partition coefficient (Wildman–Crippen LogP) is 2.18. The third-order valence-corrected chi connectivity index (χ3v) is 5.36. The summed E-state index contributed by atoms with van der Waals surface area (Å²) in [6.07, 6.45) is 6.12. The molecule has 0 saturated carbocycles. The quantitative estimate of drug-likeness (QED) is 0.339. The van der Waals surface area contributed by atoms with E-state index in [4.69, 9.17) is 16.9 Å². The second-order valence-corrected chi connectivity index (χ2v) is 7.64. The minimum atomic E-state index is -0.639. The molecule has 2 aliphatic heterocycles. The molecule has 1 atom stereocenters. The molecule has 2 heterocycles. The Morgan fingerprint density at radius 1 is 1.17 bits per heavy atom. The summed E-state index contributed by atoms with van der Waals surface area (Å²) in [7, 11) is 0. The zero-order valence-corrected chi connectivity index (χ0v) is 17.0. The van der Waals surface area contributed by atoms with Crippen molar-refractivity contribution in [2.75, 3.05) is 31.5 Å². The number of rotatable bonds is 4. The van der Waals surface area contributed by atoms with Crippen LogP contribution in [0.4, 0.5) is 5.69 Å². The number of carbonyl (C=O) groups is 2. The number of hydrogen-bond acceptors (Lipinski definition) is 4. The Balaban J connectivity index is 1.71. The SMILES string of the molecule is N#CNC(=N[C@H]1CCCCN(CC(=O)N2CCCC2)C1=O)Nc1ccc(Cl)cc1. The van der Waals surface area contributed by atoms with Crippen LogP contribution in [0.15, 0.2) is 29.3 Å². The molecule has 1 aromatic carbocycles. The van der Waals surface area contributed by atoms with Gasteiger partial charge in [0.05, 0.1) is 6.54 Å². The van der Waals surface area contributed by atoms with Crippen molar-refractivity contribution in [1.29, 1.82) is 5.26 Å². The smallest absolute Gasteiger partial charge is 0.247 e. The molecule has 0 unspecified atom stereocenters. The Morgan fingerprint density at radius 3 is 2.55 bits per heavy atom. The Kier molecular flexibility index (Phi) is 7.30. The van der Waals surface area contributed by atoms with E-state index < -0.39 is 6.04 Å². The van der Waals surface area contributed by atoms with Crippen LogP contribution in [-0.2, 0) is 9.59 Å². The summed E-state index contributed by atoms with van der Waals surface area (Å²) in [6.45, 7) is 2.18. The van der Waals surface area contributed by atoms with Gasteiger partial charge in [0.1, 0.15) is 6.04 Å².